The Morgan fingerprint density at radius 1 is 1.32 bits per heavy atom. The van der Waals surface area contributed by atoms with Gasteiger partial charge in [-0.3, -0.25) is 9.59 Å². The first-order chi connectivity index (χ1) is 13.5. The number of methoxy groups -OCH3 is 1. The number of aromatic nitrogens is 3. The van der Waals surface area contributed by atoms with Gasteiger partial charge in [0.15, 0.2) is 5.82 Å². The van der Waals surface area contributed by atoms with E-state index in [4.69, 9.17) is 13.8 Å². The molecule has 2 aliphatic rings. The van der Waals surface area contributed by atoms with Crippen molar-refractivity contribution in [3.63, 3.8) is 0 Å². The Bertz CT molecular complexity index is 862. The first-order valence-corrected chi connectivity index (χ1v) is 9.36. The fraction of sp³-hybridized carbons (Fsp3) is 0.611. The zero-order chi connectivity index (χ0) is 19.7. The monoisotopic (exact) mass is 389 g/mol. The second kappa shape index (κ2) is 7.70. The minimum atomic E-state index is -0.121. The maximum Gasteiger partial charge on any atom is 0.230 e. The molecule has 10 nitrogen and oxygen atoms in total. The van der Waals surface area contributed by atoms with Crippen molar-refractivity contribution in [1.82, 2.24) is 25.1 Å². The van der Waals surface area contributed by atoms with E-state index in [1.807, 2.05) is 6.92 Å². The van der Waals surface area contributed by atoms with Crippen molar-refractivity contribution in [2.75, 3.05) is 20.3 Å². The van der Waals surface area contributed by atoms with Crippen molar-refractivity contribution in [1.29, 1.82) is 0 Å². The molecule has 0 N–H and O–H groups in total. The Hall–Kier alpha value is -2.75. The van der Waals surface area contributed by atoms with Gasteiger partial charge in [0.2, 0.25) is 17.7 Å². The number of carbonyl (C=O) groups is 2. The quantitative estimate of drug-likeness (QED) is 0.672. The first kappa shape index (κ1) is 18.6. The van der Waals surface area contributed by atoms with Gasteiger partial charge in [0.25, 0.3) is 0 Å². The lowest BCUT2D eigenvalue weighted by molar-refractivity contribution is -0.131. The van der Waals surface area contributed by atoms with Crippen LogP contribution in [0.1, 0.15) is 36.0 Å². The van der Waals surface area contributed by atoms with Gasteiger partial charge in [-0.25, -0.2) is 0 Å². The summed E-state index contributed by atoms with van der Waals surface area (Å²) in [6, 6.07) is 1.62. The van der Waals surface area contributed by atoms with Gasteiger partial charge in [0.1, 0.15) is 5.76 Å². The molecule has 2 aromatic heterocycles. The molecule has 0 aromatic carbocycles. The predicted molar refractivity (Wildman–Crippen MR) is 93.9 cm³/mol. The summed E-state index contributed by atoms with van der Waals surface area (Å²) in [5.41, 5.74) is 0.745. The smallest absolute Gasteiger partial charge is 0.230 e. The highest BCUT2D eigenvalue weighted by molar-refractivity contribution is 5.84. The minimum absolute atomic E-state index is 0.00579. The molecule has 10 heteroatoms. The summed E-state index contributed by atoms with van der Waals surface area (Å²) in [4.78, 5) is 33.1. The summed E-state index contributed by atoms with van der Waals surface area (Å²) in [6.45, 7) is 3.22. The van der Waals surface area contributed by atoms with Crippen LogP contribution < -0.4 is 0 Å². The van der Waals surface area contributed by atoms with E-state index in [1.54, 1.807) is 23.0 Å². The number of nitrogens with zero attached hydrogens (tertiary/aromatic N) is 5. The van der Waals surface area contributed by atoms with Crippen LogP contribution in [0.4, 0.5) is 0 Å². The lowest BCUT2D eigenvalue weighted by Gasteiger charge is -2.24. The maximum atomic E-state index is 12.7. The molecule has 28 heavy (non-hydrogen) atoms. The van der Waals surface area contributed by atoms with Crippen molar-refractivity contribution in [2.45, 2.75) is 51.2 Å². The van der Waals surface area contributed by atoms with E-state index in [9.17, 15) is 9.59 Å². The van der Waals surface area contributed by atoms with Crippen LogP contribution in [-0.2, 0) is 33.7 Å². The number of fused-ring (bicyclic) bond motifs is 1. The Balaban J connectivity index is 1.39. The largest absolute Gasteiger partial charge is 0.384 e. The Morgan fingerprint density at radius 3 is 2.93 bits per heavy atom. The number of ether oxygens (including phenoxy) is 1. The SMILES string of the molecule is COCCc1nc(CN2C(=O)C[C@H]3[C@@H]2CCN3C(=O)Cc2cc(C)no2)no1. The van der Waals surface area contributed by atoms with E-state index in [-0.39, 0.29) is 30.3 Å². The summed E-state index contributed by atoms with van der Waals surface area (Å²) >= 11 is 0. The molecule has 0 spiro atoms. The molecule has 2 saturated heterocycles. The van der Waals surface area contributed by atoms with Gasteiger partial charge in [0, 0.05) is 26.1 Å². The van der Waals surface area contributed by atoms with Crippen molar-refractivity contribution in [2.24, 2.45) is 0 Å². The van der Waals surface area contributed by atoms with Crippen LogP contribution in [0.25, 0.3) is 0 Å². The number of rotatable bonds is 7. The van der Waals surface area contributed by atoms with Gasteiger partial charge in [-0.1, -0.05) is 10.3 Å². The molecule has 0 radical (unpaired) electrons. The number of carbonyl (C=O) groups excluding carboxylic acids is 2. The molecule has 0 unspecified atom stereocenters. The Labute approximate surface area is 161 Å². The molecule has 2 fully saturated rings. The Kier molecular flexibility index (Phi) is 5.12. The number of amides is 2. The molecule has 4 rings (SSSR count). The maximum absolute atomic E-state index is 12.7. The first-order valence-electron chi connectivity index (χ1n) is 9.36. The van der Waals surface area contributed by atoms with E-state index < -0.39 is 0 Å². The van der Waals surface area contributed by atoms with E-state index in [2.05, 4.69) is 15.3 Å². The molecular weight excluding hydrogens is 366 g/mol. The number of hydrogen-bond acceptors (Lipinski definition) is 8. The van der Waals surface area contributed by atoms with E-state index >= 15 is 0 Å². The van der Waals surface area contributed by atoms with Gasteiger partial charge < -0.3 is 23.6 Å². The van der Waals surface area contributed by atoms with Gasteiger partial charge in [-0.15, -0.1) is 0 Å². The minimum Gasteiger partial charge on any atom is -0.384 e. The zero-order valence-corrected chi connectivity index (χ0v) is 16.0. The molecule has 2 aliphatic heterocycles. The van der Waals surface area contributed by atoms with Gasteiger partial charge >= 0.3 is 0 Å². The highest BCUT2D eigenvalue weighted by atomic mass is 16.5. The second-order valence-electron chi connectivity index (χ2n) is 7.19. The molecule has 150 valence electrons. The van der Waals surface area contributed by atoms with E-state index in [1.165, 1.54) is 0 Å². The molecular formula is C18H23N5O5. The molecule has 2 aromatic rings. The average Bonchev–Trinajstić information content (AvgIpc) is 3.42. The van der Waals surface area contributed by atoms with Crippen LogP contribution in [0.3, 0.4) is 0 Å². The number of likely N-dealkylation sites (tertiary alicyclic amines) is 2. The normalized spacial score (nSPS) is 21.6. The van der Waals surface area contributed by atoms with Crippen LogP contribution in [-0.4, -0.2) is 69.3 Å². The third kappa shape index (κ3) is 3.64. The third-order valence-electron chi connectivity index (χ3n) is 5.28. The van der Waals surface area contributed by atoms with E-state index in [0.29, 0.717) is 50.0 Å². The fourth-order valence-corrected chi connectivity index (χ4v) is 3.99. The summed E-state index contributed by atoms with van der Waals surface area (Å²) < 4.78 is 15.3. The lowest BCUT2D eigenvalue weighted by Crippen LogP contribution is -2.40. The fourth-order valence-electron chi connectivity index (χ4n) is 3.99. The molecule has 4 heterocycles. The lowest BCUT2D eigenvalue weighted by atomic mass is 10.1. The highest BCUT2D eigenvalue weighted by Crippen LogP contribution is 2.33. The summed E-state index contributed by atoms with van der Waals surface area (Å²) in [5, 5.41) is 7.77. The molecule has 0 aliphatic carbocycles. The molecule has 2 atom stereocenters. The van der Waals surface area contributed by atoms with Crippen LogP contribution in [0.2, 0.25) is 0 Å². The number of hydrogen-bond donors (Lipinski definition) is 0. The summed E-state index contributed by atoms with van der Waals surface area (Å²) in [5.74, 6) is 1.47. The molecule has 2 amide bonds. The van der Waals surface area contributed by atoms with Gasteiger partial charge in [-0.2, -0.15) is 4.98 Å². The van der Waals surface area contributed by atoms with Crippen molar-refractivity contribution in [3.05, 3.63) is 29.2 Å². The van der Waals surface area contributed by atoms with Gasteiger partial charge in [-0.05, 0) is 13.3 Å². The van der Waals surface area contributed by atoms with Crippen LogP contribution >= 0.6 is 0 Å². The standard InChI is InChI=1S/C18H23N5O5/c1-11-7-12(27-20-11)8-17(24)22-5-3-13-14(22)9-18(25)23(13)10-15-19-16(28-21-15)4-6-26-2/h7,13-14H,3-6,8-10H2,1-2H3/t13-,14-/m0/s1. The van der Waals surface area contributed by atoms with Crippen molar-refractivity contribution >= 4 is 11.8 Å². The van der Waals surface area contributed by atoms with Crippen molar-refractivity contribution < 1.29 is 23.4 Å². The Morgan fingerprint density at radius 2 is 2.18 bits per heavy atom. The zero-order valence-electron chi connectivity index (χ0n) is 16.0. The summed E-state index contributed by atoms with van der Waals surface area (Å²) in [7, 11) is 1.61. The highest BCUT2D eigenvalue weighted by Gasteiger charge is 2.48. The van der Waals surface area contributed by atoms with Crippen LogP contribution in [0.5, 0.6) is 0 Å². The van der Waals surface area contributed by atoms with Gasteiger partial charge in [0.05, 0.1) is 43.8 Å². The predicted octanol–water partition coefficient (Wildman–Crippen LogP) is 0.499. The van der Waals surface area contributed by atoms with E-state index in [0.717, 1.165) is 12.1 Å². The molecule has 0 bridgehead atoms. The van der Waals surface area contributed by atoms with Crippen LogP contribution in [0.15, 0.2) is 15.1 Å². The average molecular weight is 389 g/mol. The third-order valence-corrected chi connectivity index (χ3v) is 5.28. The summed E-state index contributed by atoms with van der Waals surface area (Å²) in [6.07, 6.45) is 1.75. The number of aryl methyl sites for hydroxylation is 1. The molecule has 0 saturated carbocycles. The van der Waals surface area contributed by atoms with Crippen LogP contribution in [0, 0.1) is 6.92 Å². The second-order valence-corrected chi connectivity index (χ2v) is 7.19. The topological polar surface area (TPSA) is 115 Å². The van der Waals surface area contributed by atoms with Crippen molar-refractivity contribution in [3.8, 4) is 0 Å².